The molecule has 5 rings (SSSR count). The third-order valence-corrected chi connectivity index (χ3v) is 12.3. The monoisotopic (exact) mass is 586 g/mol. The van der Waals surface area contributed by atoms with Gasteiger partial charge in [-0.2, -0.15) is 8.78 Å². The van der Waals surface area contributed by atoms with E-state index in [9.17, 15) is 8.78 Å². The molecule has 1 aliphatic heterocycles. The van der Waals surface area contributed by atoms with E-state index in [0.29, 0.717) is 9.21 Å². The maximum Gasteiger partial charge on any atom is 0.213 e. The van der Waals surface area contributed by atoms with E-state index >= 15 is 0 Å². The predicted octanol–water partition coefficient (Wildman–Crippen LogP) is 5.76. The average Bonchev–Trinajstić information content (AvgIpc) is 3.31. The molecule has 1 saturated heterocycles. The van der Waals surface area contributed by atoms with Gasteiger partial charge in [0, 0.05) is 21.8 Å². The Bertz CT molecular complexity index is 1250. The lowest BCUT2D eigenvalue weighted by Gasteiger charge is -2.26. The summed E-state index contributed by atoms with van der Waals surface area (Å²) >= 11 is 6.74. The molecular formula is C24H18Br2F2N4Si. The van der Waals surface area contributed by atoms with Gasteiger partial charge in [0.05, 0.1) is 11.4 Å². The van der Waals surface area contributed by atoms with Crippen LogP contribution >= 0.6 is 31.9 Å². The molecule has 4 aromatic heterocycles. The fourth-order valence-electron chi connectivity index (χ4n) is 4.53. The van der Waals surface area contributed by atoms with Crippen LogP contribution in [0, 0.1) is 11.9 Å². The molecule has 1 fully saturated rings. The molecule has 0 saturated carbocycles. The Hall–Kier alpha value is -2.36. The molecule has 0 unspecified atom stereocenters. The van der Waals surface area contributed by atoms with Gasteiger partial charge >= 0.3 is 0 Å². The van der Waals surface area contributed by atoms with Gasteiger partial charge in [0.1, 0.15) is 9.21 Å². The van der Waals surface area contributed by atoms with Crippen LogP contribution in [0.5, 0.6) is 0 Å². The van der Waals surface area contributed by atoms with Crippen LogP contribution < -0.4 is 10.6 Å². The molecule has 4 nitrogen and oxygen atoms in total. The summed E-state index contributed by atoms with van der Waals surface area (Å²) in [5.41, 5.74) is 3.02. The normalized spacial score (nSPS) is 15.0. The number of nitrogens with zero attached hydrogens (tertiary/aromatic N) is 4. The van der Waals surface area contributed by atoms with Crippen molar-refractivity contribution in [2.45, 2.75) is 24.9 Å². The highest BCUT2D eigenvalue weighted by Crippen LogP contribution is 2.32. The molecule has 0 aromatic carbocycles. The van der Waals surface area contributed by atoms with Gasteiger partial charge in [0.15, 0.2) is 8.07 Å². The quantitative estimate of drug-likeness (QED) is 0.225. The largest absolute Gasteiger partial charge is 0.257 e. The molecule has 1 aliphatic rings. The highest BCUT2D eigenvalue weighted by atomic mass is 79.9. The van der Waals surface area contributed by atoms with Crippen LogP contribution in [0.2, 0.25) is 12.1 Å². The smallest absolute Gasteiger partial charge is 0.213 e. The minimum absolute atomic E-state index is 0.433. The third kappa shape index (κ3) is 4.29. The highest BCUT2D eigenvalue weighted by Gasteiger charge is 2.43. The third-order valence-electron chi connectivity index (χ3n) is 6.12. The van der Waals surface area contributed by atoms with Crippen molar-refractivity contribution in [2.24, 2.45) is 0 Å². The molecule has 9 heteroatoms. The minimum atomic E-state index is -2.21. The standard InChI is InChI=1S/C24H18Br2F2N4Si/c25-23-15(9-11-19(27)31-23)17-5-3-7-21(29-17)33(13-1-2-14-33)22-8-4-6-18(30-22)16-10-12-20(28)32-24(16)26/h3-12H,1-2,13-14H2. The van der Waals surface area contributed by atoms with Crippen molar-refractivity contribution < 1.29 is 8.78 Å². The lowest BCUT2D eigenvalue weighted by Crippen LogP contribution is -2.58. The summed E-state index contributed by atoms with van der Waals surface area (Å²) in [6.07, 6.45) is 2.27. The molecule has 33 heavy (non-hydrogen) atoms. The van der Waals surface area contributed by atoms with Crippen LogP contribution in [-0.2, 0) is 0 Å². The van der Waals surface area contributed by atoms with Crippen LogP contribution in [0.15, 0.2) is 69.9 Å². The number of halogens is 4. The van der Waals surface area contributed by atoms with Crippen LogP contribution in [0.3, 0.4) is 0 Å². The summed E-state index contributed by atoms with van der Waals surface area (Å²) in [7, 11) is -2.21. The van der Waals surface area contributed by atoms with Crippen molar-refractivity contribution in [2.75, 3.05) is 0 Å². The lowest BCUT2D eigenvalue weighted by molar-refractivity contribution is 0.581. The van der Waals surface area contributed by atoms with Crippen molar-refractivity contribution in [3.63, 3.8) is 0 Å². The maximum absolute atomic E-state index is 13.5. The summed E-state index contributed by atoms with van der Waals surface area (Å²) < 4.78 is 27.9. The predicted molar refractivity (Wildman–Crippen MR) is 134 cm³/mol. The Labute approximate surface area is 207 Å². The lowest BCUT2D eigenvalue weighted by atomic mass is 10.2. The van der Waals surface area contributed by atoms with Crippen molar-refractivity contribution >= 4 is 50.6 Å². The van der Waals surface area contributed by atoms with E-state index in [2.05, 4.69) is 54.0 Å². The van der Waals surface area contributed by atoms with E-state index in [4.69, 9.17) is 9.97 Å². The Morgan fingerprint density at radius 3 is 1.48 bits per heavy atom. The van der Waals surface area contributed by atoms with E-state index in [0.717, 1.165) is 58.1 Å². The Balaban J connectivity index is 1.61. The number of rotatable bonds is 4. The second kappa shape index (κ2) is 9.12. The first-order valence-electron chi connectivity index (χ1n) is 10.6. The van der Waals surface area contributed by atoms with E-state index in [-0.39, 0.29) is 0 Å². The molecule has 0 N–H and O–H groups in total. The molecule has 0 amide bonds. The van der Waals surface area contributed by atoms with Gasteiger partial charge in [-0.15, -0.1) is 0 Å². The molecule has 0 bridgehead atoms. The fraction of sp³-hybridized carbons (Fsp3) is 0.167. The SMILES string of the molecule is Fc1ccc(-c2cccc([Si]3(c4cccc(-c5ccc(F)nc5Br)n4)CCCC3)n2)c(Br)n1. The van der Waals surface area contributed by atoms with Gasteiger partial charge in [0.25, 0.3) is 0 Å². The van der Waals surface area contributed by atoms with E-state index in [1.54, 1.807) is 12.1 Å². The summed E-state index contributed by atoms with van der Waals surface area (Å²) in [6, 6.07) is 20.2. The van der Waals surface area contributed by atoms with E-state index in [1.807, 2.05) is 24.3 Å². The Morgan fingerprint density at radius 2 is 1.06 bits per heavy atom. The maximum atomic E-state index is 13.5. The van der Waals surface area contributed by atoms with Crippen LogP contribution in [0.1, 0.15) is 12.8 Å². The van der Waals surface area contributed by atoms with Crippen molar-refractivity contribution in [3.05, 3.63) is 81.8 Å². The van der Waals surface area contributed by atoms with Gasteiger partial charge < -0.3 is 0 Å². The first-order chi connectivity index (χ1) is 16.0. The number of pyridine rings is 4. The van der Waals surface area contributed by atoms with E-state index < -0.39 is 20.0 Å². The van der Waals surface area contributed by atoms with Crippen LogP contribution in [0.25, 0.3) is 22.5 Å². The van der Waals surface area contributed by atoms with Gasteiger partial charge in [-0.1, -0.05) is 25.0 Å². The van der Waals surface area contributed by atoms with Crippen LogP contribution in [-0.4, -0.2) is 28.0 Å². The van der Waals surface area contributed by atoms with Crippen molar-refractivity contribution in [1.29, 1.82) is 0 Å². The highest BCUT2D eigenvalue weighted by molar-refractivity contribution is 9.10. The topological polar surface area (TPSA) is 51.6 Å². The molecular weight excluding hydrogens is 570 g/mol. The number of aromatic nitrogens is 4. The summed E-state index contributed by atoms with van der Waals surface area (Å²) in [6.45, 7) is 0. The molecule has 0 aliphatic carbocycles. The Morgan fingerprint density at radius 1 is 0.606 bits per heavy atom. The molecule has 0 radical (unpaired) electrons. The second-order valence-electron chi connectivity index (χ2n) is 8.05. The average molecular weight is 588 g/mol. The molecule has 0 atom stereocenters. The first-order valence-corrected chi connectivity index (χ1v) is 14.6. The van der Waals surface area contributed by atoms with Crippen molar-refractivity contribution in [1.82, 2.24) is 19.9 Å². The zero-order chi connectivity index (χ0) is 23.0. The zero-order valence-corrected chi connectivity index (χ0v) is 21.6. The first kappa shape index (κ1) is 22.4. The summed E-state index contributed by atoms with van der Waals surface area (Å²) in [4.78, 5) is 17.9. The zero-order valence-electron chi connectivity index (χ0n) is 17.4. The minimum Gasteiger partial charge on any atom is -0.257 e. The van der Waals surface area contributed by atoms with Gasteiger partial charge in [0.2, 0.25) is 11.9 Å². The number of hydrogen-bond donors (Lipinski definition) is 0. The van der Waals surface area contributed by atoms with Crippen molar-refractivity contribution in [3.8, 4) is 22.5 Å². The number of hydrogen-bond acceptors (Lipinski definition) is 4. The van der Waals surface area contributed by atoms with Gasteiger partial charge in [-0.25, -0.2) is 9.97 Å². The van der Waals surface area contributed by atoms with Crippen LogP contribution in [0.4, 0.5) is 8.78 Å². The fourth-order valence-corrected chi connectivity index (χ4v) is 10.3. The molecule has 5 heterocycles. The summed E-state index contributed by atoms with van der Waals surface area (Å²) in [5.74, 6) is -1.07. The van der Waals surface area contributed by atoms with Gasteiger partial charge in [-0.3, -0.25) is 9.97 Å². The second-order valence-corrected chi connectivity index (χ2v) is 13.7. The molecule has 0 spiro atoms. The van der Waals surface area contributed by atoms with E-state index in [1.165, 1.54) is 12.1 Å². The van der Waals surface area contributed by atoms with Gasteiger partial charge in [-0.05, 0) is 92.5 Å². The molecule has 166 valence electrons. The molecule has 4 aromatic rings. The summed E-state index contributed by atoms with van der Waals surface area (Å²) in [5, 5.41) is 2.13. The Kier molecular flexibility index (Phi) is 6.20.